The number of Topliss-reactive ketones (excluding diaryl/α,β-unsaturated/α-hetero) is 1. The number of para-hydroxylation sites is 1. The van der Waals surface area contributed by atoms with Crippen molar-refractivity contribution in [1.82, 2.24) is 4.90 Å². The molecule has 0 bridgehead atoms. The lowest BCUT2D eigenvalue weighted by Gasteiger charge is -2.26. The van der Waals surface area contributed by atoms with Crippen molar-refractivity contribution in [3.63, 3.8) is 0 Å². The van der Waals surface area contributed by atoms with Gasteiger partial charge in [0.15, 0.2) is 5.75 Å². The number of carbonyl (C=O) groups is 2. The van der Waals surface area contributed by atoms with Crippen LogP contribution in [0.2, 0.25) is 10.0 Å². The van der Waals surface area contributed by atoms with Crippen molar-refractivity contribution >= 4 is 40.7 Å². The van der Waals surface area contributed by atoms with Crippen LogP contribution in [0.4, 0.5) is 0 Å². The number of aliphatic hydroxyl groups excluding tert-OH is 1. The largest absolute Gasteiger partial charge is 0.507 e. The molecule has 192 valence electrons. The molecule has 1 fully saturated rings. The number of hydrogen-bond acceptors (Lipinski definition) is 5. The third-order valence-electron chi connectivity index (χ3n) is 6.47. The van der Waals surface area contributed by atoms with Gasteiger partial charge in [-0.3, -0.25) is 9.59 Å². The number of carbonyl (C=O) groups excluding carboxylic acids is 2. The molecule has 0 saturated carbocycles. The summed E-state index contributed by atoms with van der Waals surface area (Å²) in [6.07, 6.45) is 0. The van der Waals surface area contributed by atoms with Crippen LogP contribution in [-0.2, 0) is 16.1 Å². The number of nitrogens with zero attached hydrogens (tertiary/aromatic N) is 1. The fraction of sp³-hybridized carbons (Fsp3) is 0.241. The lowest BCUT2D eigenvalue weighted by molar-refractivity contribution is -0.140. The predicted octanol–water partition coefficient (Wildman–Crippen LogP) is 6.76. The molecule has 0 radical (unpaired) electrons. The highest BCUT2D eigenvalue weighted by molar-refractivity contribution is 6.46. The molecule has 37 heavy (non-hydrogen) atoms. The zero-order valence-electron chi connectivity index (χ0n) is 20.9. The molecular weight excluding hydrogens is 513 g/mol. The van der Waals surface area contributed by atoms with Crippen molar-refractivity contribution in [2.75, 3.05) is 14.2 Å². The van der Waals surface area contributed by atoms with Crippen LogP contribution < -0.4 is 9.47 Å². The molecule has 6 nitrogen and oxygen atoms in total. The van der Waals surface area contributed by atoms with Gasteiger partial charge in [-0.2, -0.15) is 0 Å². The van der Waals surface area contributed by atoms with Gasteiger partial charge < -0.3 is 19.5 Å². The Morgan fingerprint density at radius 1 is 0.973 bits per heavy atom. The van der Waals surface area contributed by atoms with E-state index in [-0.39, 0.29) is 39.2 Å². The Morgan fingerprint density at radius 3 is 2.16 bits per heavy atom. The van der Waals surface area contributed by atoms with E-state index in [9.17, 15) is 14.7 Å². The van der Waals surface area contributed by atoms with Crippen molar-refractivity contribution in [1.29, 1.82) is 0 Å². The minimum absolute atomic E-state index is 0.0468. The Bertz CT molecular complexity index is 1360. The average molecular weight is 540 g/mol. The second kappa shape index (κ2) is 10.9. The van der Waals surface area contributed by atoms with E-state index in [1.54, 1.807) is 13.2 Å². The Balaban J connectivity index is 1.89. The van der Waals surface area contributed by atoms with Gasteiger partial charge >= 0.3 is 0 Å². The van der Waals surface area contributed by atoms with Crippen LogP contribution in [0, 0.1) is 0 Å². The smallest absolute Gasteiger partial charge is 0.295 e. The number of likely N-dealkylation sites (tertiary alicyclic amines) is 1. The maximum atomic E-state index is 13.4. The molecule has 1 atom stereocenters. The predicted molar refractivity (Wildman–Crippen MR) is 144 cm³/mol. The molecule has 1 unspecified atom stereocenters. The number of amides is 1. The minimum Gasteiger partial charge on any atom is -0.507 e. The molecule has 1 aliphatic rings. The quantitative estimate of drug-likeness (QED) is 0.204. The molecule has 8 heteroatoms. The van der Waals surface area contributed by atoms with Gasteiger partial charge in [0.1, 0.15) is 11.5 Å². The summed E-state index contributed by atoms with van der Waals surface area (Å²) in [6.45, 7) is 4.27. The third kappa shape index (κ3) is 5.04. The standard InChI is InChI=1S/C29H27Cl2NO5/c1-16(2)17-9-11-18(12-10-17)25-24(26(33)20-13-21(30)28(37-4)22(31)14-20)27(34)29(35)32(25)15-19-7-5-6-8-23(19)36-3/h5-14,16,25,33H,15H2,1-4H3/b26-24+. The summed E-state index contributed by atoms with van der Waals surface area (Å²) >= 11 is 12.6. The average Bonchev–Trinajstić information content (AvgIpc) is 3.13. The molecular formula is C29H27Cl2NO5. The van der Waals surface area contributed by atoms with Gasteiger partial charge in [0.2, 0.25) is 0 Å². The zero-order chi connectivity index (χ0) is 26.9. The van der Waals surface area contributed by atoms with E-state index in [1.807, 2.05) is 42.5 Å². The molecule has 0 spiro atoms. The molecule has 4 rings (SSSR count). The number of aliphatic hydroxyl groups is 1. The Morgan fingerprint density at radius 2 is 1.59 bits per heavy atom. The first-order chi connectivity index (χ1) is 17.7. The number of methoxy groups -OCH3 is 2. The second-order valence-electron chi connectivity index (χ2n) is 9.03. The van der Waals surface area contributed by atoms with Crippen molar-refractivity contribution < 1.29 is 24.2 Å². The van der Waals surface area contributed by atoms with Crippen LogP contribution in [0.15, 0.2) is 66.2 Å². The fourth-order valence-electron chi connectivity index (χ4n) is 4.52. The molecule has 1 N–H and O–H groups in total. The second-order valence-corrected chi connectivity index (χ2v) is 9.85. The summed E-state index contributed by atoms with van der Waals surface area (Å²) < 4.78 is 10.7. The molecule has 1 heterocycles. The van der Waals surface area contributed by atoms with Gasteiger partial charge in [0, 0.05) is 11.1 Å². The topological polar surface area (TPSA) is 76.1 Å². The first-order valence-electron chi connectivity index (χ1n) is 11.7. The van der Waals surface area contributed by atoms with Crippen LogP contribution in [0.3, 0.4) is 0 Å². The maximum Gasteiger partial charge on any atom is 0.295 e. The summed E-state index contributed by atoms with van der Waals surface area (Å²) in [5.41, 5.74) is 2.68. The third-order valence-corrected chi connectivity index (χ3v) is 7.03. The normalized spacial score (nSPS) is 16.9. The van der Waals surface area contributed by atoms with Crippen LogP contribution in [0.5, 0.6) is 11.5 Å². The Labute approximate surface area is 226 Å². The maximum absolute atomic E-state index is 13.4. The van der Waals surface area contributed by atoms with E-state index in [1.165, 1.54) is 24.1 Å². The summed E-state index contributed by atoms with van der Waals surface area (Å²) in [5.74, 6) is -0.753. The molecule has 1 saturated heterocycles. The van der Waals surface area contributed by atoms with E-state index in [2.05, 4.69) is 13.8 Å². The van der Waals surface area contributed by atoms with Gasteiger partial charge in [-0.25, -0.2) is 0 Å². The van der Waals surface area contributed by atoms with Gasteiger partial charge in [-0.05, 0) is 35.2 Å². The number of halogens is 2. The van der Waals surface area contributed by atoms with E-state index in [4.69, 9.17) is 32.7 Å². The van der Waals surface area contributed by atoms with Gasteiger partial charge in [0.25, 0.3) is 11.7 Å². The molecule has 0 aromatic heterocycles. The van der Waals surface area contributed by atoms with E-state index in [0.717, 1.165) is 11.1 Å². The molecule has 3 aromatic carbocycles. The number of benzene rings is 3. The van der Waals surface area contributed by atoms with E-state index < -0.39 is 17.7 Å². The molecule has 0 aliphatic carbocycles. The van der Waals surface area contributed by atoms with Crippen LogP contribution >= 0.6 is 23.2 Å². The minimum atomic E-state index is -0.842. The van der Waals surface area contributed by atoms with Gasteiger partial charge in [0.05, 0.1) is 42.4 Å². The monoisotopic (exact) mass is 539 g/mol. The zero-order valence-corrected chi connectivity index (χ0v) is 22.4. The van der Waals surface area contributed by atoms with Crippen molar-refractivity contribution in [3.05, 3.63) is 98.5 Å². The van der Waals surface area contributed by atoms with Gasteiger partial charge in [-0.1, -0.05) is 79.5 Å². The molecule has 1 amide bonds. The lowest BCUT2D eigenvalue weighted by Crippen LogP contribution is -2.29. The molecule has 3 aromatic rings. The van der Waals surface area contributed by atoms with E-state index in [0.29, 0.717) is 17.2 Å². The summed E-state index contributed by atoms with van der Waals surface area (Å²) in [7, 11) is 2.98. The highest BCUT2D eigenvalue weighted by atomic mass is 35.5. The number of hydrogen-bond donors (Lipinski definition) is 1. The highest BCUT2D eigenvalue weighted by Crippen LogP contribution is 2.43. The number of ketones is 1. The number of ether oxygens (including phenoxy) is 2. The van der Waals surface area contributed by atoms with E-state index >= 15 is 0 Å². The summed E-state index contributed by atoms with van der Waals surface area (Å²) in [6, 6.07) is 17.0. The highest BCUT2D eigenvalue weighted by Gasteiger charge is 2.46. The van der Waals surface area contributed by atoms with Gasteiger partial charge in [-0.15, -0.1) is 0 Å². The summed E-state index contributed by atoms with van der Waals surface area (Å²) in [5, 5.41) is 11.7. The van der Waals surface area contributed by atoms with Crippen molar-refractivity contribution in [2.24, 2.45) is 0 Å². The first kappa shape index (κ1) is 26.6. The Hall–Kier alpha value is -3.48. The number of rotatable bonds is 7. The molecule has 1 aliphatic heterocycles. The van der Waals surface area contributed by atoms with Crippen LogP contribution in [0.1, 0.15) is 48.1 Å². The van der Waals surface area contributed by atoms with Crippen molar-refractivity contribution in [2.45, 2.75) is 32.4 Å². The first-order valence-corrected chi connectivity index (χ1v) is 12.5. The summed E-state index contributed by atoms with van der Waals surface area (Å²) in [4.78, 5) is 28.2. The lowest BCUT2D eigenvalue weighted by atomic mass is 9.93. The van der Waals surface area contributed by atoms with Crippen molar-refractivity contribution in [3.8, 4) is 11.5 Å². The fourth-order valence-corrected chi connectivity index (χ4v) is 5.16. The van der Waals surface area contributed by atoms with Crippen LogP contribution in [-0.4, -0.2) is 35.9 Å². The SMILES string of the molecule is COc1ccccc1CN1C(=O)C(=O)/C(=C(/O)c2cc(Cl)c(OC)c(Cl)c2)C1c1ccc(C(C)C)cc1. The van der Waals surface area contributed by atoms with Crippen LogP contribution in [0.25, 0.3) is 5.76 Å². The Kier molecular flexibility index (Phi) is 7.81.